The van der Waals surface area contributed by atoms with Crippen molar-refractivity contribution in [3.05, 3.63) is 34.4 Å². The zero-order valence-corrected chi connectivity index (χ0v) is 11.6. The number of anilines is 1. The molecule has 0 aliphatic heterocycles. The van der Waals surface area contributed by atoms with Gasteiger partial charge in [0, 0.05) is 17.8 Å². The smallest absolute Gasteiger partial charge is 0.290 e. The fourth-order valence-electron chi connectivity index (χ4n) is 0.999. The molecule has 2 aromatic rings. The second-order valence-corrected chi connectivity index (χ2v) is 5.76. The molecule has 2 heterocycles. The van der Waals surface area contributed by atoms with E-state index in [2.05, 4.69) is 14.7 Å². The standard InChI is InChI=1S/C8H6ClN3O2S2.CH2O2/c9-6-1-7(3-10-2-6)16(13,14)12-8-4-15-5-11-8;2-1-3/h1-5,12H;1H,(H,2,3). The molecular weight excluding hydrogens is 314 g/mol. The minimum atomic E-state index is -3.66. The maximum absolute atomic E-state index is 11.8. The van der Waals surface area contributed by atoms with Crippen LogP contribution in [0.5, 0.6) is 0 Å². The molecule has 0 amide bonds. The van der Waals surface area contributed by atoms with Crippen LogP contribution in [0.25, 0.3) is 0 Å². The second kappa shape index (κ2) is 7.02. The van der Waals surface area contributed by atoms with Gasteiger partial charge in [0.1, 0.15) is 4.90 Å². The summed E-state index contributed by atoms with van der Waals surface area (Å²) in [5, 5.41) is 8.75. The van der Waals surface area contributed by atoms with Crippen molar-refractivity contribution in [3.63, 3.8) is 0 Å². The van der Waals surface area contributed by atoms with Crippen LogP contribution in [-0.2, 0) is 14.8 Å². The van der Waals surface area contributed by atoms with Gasteiger partial charge >= 0.3 is 0 Å². The summed E-state index contributed by atoms with van der Waals surface area (Å²) in [6, 6.07) is 1.32. The molecule has 0 radical (unpaired) electrons. The molecule has 0 aliphatic rings. The normalized spacial score (nSPS) is 10.2. The van der Waals surface area contributed by atoms with Gasteiger partial charge in [0.15, 0.2) is 5.82 Å². The van der Waals surface area contributed by atoms with Gasteiger partial charge in [-0.1, -0.05) is 11.6 Å². The molecule has 2 aromatic heterocycles. The Morgan fingerprint density at radius 3 is 2.63 bits per heavy atom. The van der Waals surface area contributed by atoms with Crippen molar-refractivity contribution >= 4 is 45.3 Å². The minimum absolute atomic E-state index is 0.00741. The Labute approximate surface area is 118 Å². The lowest BCUT2D eigenvalue weighted by molar-refractivity contribution is -0.122. The number of hydrogen-bond donors (Lipinski definition) is 2. The van der Waals surface area contributed by atoms with Gasteiger partial charge in [-0.2, -0.15) is 0 Å². The van der Waals surface area contributed by atoms with Crippen molar-refractivity contribution in [1.82, 2.24) is 9.97 Å². The van der Waals surface area contributed by atoms with Crippen molar-refractivity contribution in [2.75, 3.05) is 4.72 Å². The Morgan fingerprint density at radius 2 is 2.11 bits per heavy atom. The number of pyridine rings is 1. The van der Waals surface area contributed by atoms with E-state index in [0.717, 1.165) is 0 Å². The van der Waals surface area contributed by atoms with Crippen molar-refractivity contribution in [1.29, 1.82) is 0 Å². The van der Waals surface area contributed by atoms with E-state index in [4.69, 9.17) is 21.5 Å². The van der Waals surface area contributed by atoms with Gasteiger partial charge < -0.3 is 5.11 Å². The number of halogens is 1. The first kappa shape index (κ1) is 15.3. The average molecular weight is 322 g/mol. The Hall–Kier alpha value is -1.71. The van der Waals surface area contributed by atoms with E-state index in [9.17, 15) is 8.42 Å². The minimum Gasteiger partial charge on any atom is -0.483 e. The molecule has 0 bridgehead atoms. The highest BCUT2D eigenvalue weighted by atomic mass is 35.5. The van der Waals surface area contributed by atoms with E-state index in [0.29, 0.717) is 0 Å². The van der Waals surface area contributed by atoms with Gasteiger partial charge in [-0.15, -0.1) is 11.3 Å². The van der Waals surface area contributed by atoms with Crippen molar-refractivity contribution in [2.24, 2.45) is 0 Å². The summed E-state index contributed by atoms with van der Waals surface area (Å²) in [5.41, 5.74) is 1.54. The van der Waals surface area contributed by atoms with E-state index in [1.54, 1.807) is 5.38 Å². The zero-order valence-electron chi connectivity index (χ0n) is 9.22. The van der Waals surface area contributed by atoms with Gasteiger partial charge in [-0.25, -0.2) is 13.4 Å². The Balaban J connectivity index is 0.000000550. The quantitative estimate of drug-likeness (QED) is 0.833. The van der Waals surface area contributed by atoms with Gasteiger partial charge in [-0.3, -0.25) is 14.5 Å². The molecule has 0 saturated heterocycles. The topological polar surface area (TPSA) is 109 Å². The van der Waals surface area contributed by atoms with Crippen LogP contribution in [0.3, 0.4) is 0 Å². The van der Waals surface area contributed by atoms with Crippen LogP contribution in [0.15, 0.2) is 34.2 Å². The molecule has 10 heteroatoms. The molecule has 0 saturated carbocycles. The van der Waals surface area contributed by atoms with Crippen LogP contribution in [0.4, 0.5) is 5.82 Å². The van der Waals surface area contributed by atoms with Crippen LogP contribution >= 0.6 is 22.9 Å². The Morgan fingerprint density at radius 1 is 1.42 bits per heavy atom. The summed E-state index contributed by atoms with van der Waals surface area (Å²) in [6.45, 7) is -0.250. The number of thiazole rings is 1. The highest BCUT2D eigenvalue weighted by Gasteiger charge is 2.15. The Bertz CT molecular complexity index is 631. The first-order valence-electron chi connectivity index (χ1n) is 4.59. The fourth-order valence-corrected chi connectivity index (χ4v) is 2.78. The lowest BCUT2D eigenvalue weighted by Crippen LogP contribution is -2.13. The van der Waals surface area contributed by atoms with Gasteiger partial charge in [0.2, 0.25) is 0 Å². The second-order valence-electron chi connectivity index (χ2n) is 2.92. The number of nitrogens with zero attached hydrogens (tertiary/aromatic N) is 2. The summed E-state index contributed by atoms with van der Waals surface area (Å²) >= 11 is 6.96. The largest absolute Gasteiger partial charge is 0.483 e. The number of hydrogen-bond acceptors (Lipinski definition) is 6. The average Bonchev–Trinajstić information content (AvgIpc) is 2.82. The van der Waals surface area contributed by atoms with Crippen LogP contribution in [0.2, 0.25) is 5.02 Å². The molecule has 2 N–H and O–H groups in total. The fraction of sp³-hybridized carbons (Fsp3) is 0. The van der Waals surface area contributed by atoms with Crippen LogP contribution < -0.4 is 4.72 Å². The number of nitrogens with one attached hydrogen (secondary N) is 1. The van der Waals surface area contributed by atoms with Gasteiger partial charge in [-0.05, 0) is 6.07 Å². The molecule has 2 rings (SSSR count). The molecular formula is C9H8ClN3O4S2. The monoisotopic (exact) mass is 321 g/mol. The molecule has 19 heavy (non-hydrogen) atoms. The number of aromatic nitrogens is 2. The van der Waals surface area contributed by atoms with Crippen molar-refractivity contribution < 1.29 is 18.3 Å². The van der Waals surface area contributed by atoms with Gasteiger partial charge in [0.25, 0.3) is 16.5 Å². The third kappa shape index (κ3) is 4.81. The van der Waals surface area contributed by atoms with Gasteiger partial charge in [0.05, 0.1) is 10.5 Å². The lowest BCUT2D eigenvalue weighted by Gasteiger charge is -2.04. The molecule has 102 valence electrons. The van der Waals surface area contributed by atoms with Crippen molar-refractivity contribution in [2.45, 2.75) is 4.90 Å². The summed E-state index contributed by atoms with van der Waals surface area (Å²) in [4.78, 5) is 15.9. The van der Waals surface area contributed by atoms with Crippen LogP contribution in [0.1, 0.15) is 0 Å². The van der Waals surface area contributed by atoms with E-state index in [-0.39, 0.29) is 22.2 Å². The van der Waals surface area contributed by atoms with Crippen LogP contribution in [-0.4, -0.2) is 30.0 Å². The van der Waals surface area contributed by atoms with Crippen LogP contribution in [0, 0.1) is 0 Å². The maximum atomic E-state index is 11.8. The summed E-state index contributed by atoms with van der Waals surface area (Å²) in [6.07, 6.45) is 2.59. The molecule has 0 spiro atoms. The first-order chi connectivity index (χ1) is 8.99. The van der Waals surface area contributed by atoms with E-state index >= 15 is 0 Å². The summed E-state index contributed by atoms with van der Waals surface area (Å²) < 4.78 is 25.9. The number of sulfonamides is 1. The third-order valence-electron chi connectivity index (χ3n) is 1.66. The predicted molar refractivity (Wildman–Crippen MR) is 70.9 cm³/mol. The molecule has 7 nitrogen and oxygen atoms in total. The number of carbonyl (C=O) groups is 1. The predicted octanol–water partition coefficient (Wildman–Crippen LogP) is 1.69. The lowest BCUT2D eigenvalue weighted by atomic mass is 10.5. The Kier molecular flexibility index (Phi) is 5.67. The van der Waals surface area contributed by atoms with E-state index in [1.807, 2.05) is 0 Å². The van der Waals surface area contributed by atoms with E-state index in [1.165, 1.54) is 35.3 Å². The maximum Gasteiger partial charge on any atom is 0.290 e. The number of carboxylic acid groups (broad SMARTS) is 1. The SMILES string of the molecule is O=CO.O=S(=O)(Nc1cscn1)c1cncc(Cl)c1. The summed E-state index contributed by atoms with van der Waals surface area (Å²) in [5.74, 6) is 0.282. The zero-order chi connectivity index (χ0) is 14.3. The summed E-state index contributed by atoms with van der Waals surface area (Å²) in [7, 11) is -3.66. The molecule has 0 aromatic carbocycles. The first-order valence-corrected chi connectivity index (χ1v) is 7.39. The van der Waals surface area contributed by atoms with Crippen molar-refractivity contribution in [3.8, 4) is 0 Å². The molecule has 0 fully saturated rings. The molecule has 0 aliphatic carbocycles. The molecule has 0 atom stereocenters. The third-order valence-corrected chi connectivity index (χ3v) is 3.78. The highest BCUT2D eigenvalue weighted by Crippen LogP contribution is 2.17. The molecule has 0 unspecified atom stereocenters. The highest BCUT2D eigenvalue weighted by molar-refractivity contribution is 7.92. The number of rotatable bonds is 3. The van der Waals surface area contributed by atoms with E-state index < -0.39 is 10.0 Å².